The van der Waals surface area contributed by atoms with E-state index in [-0.39, 0.29) is 11.0 Å². The zero-order valence-electron chi connectivity index (χ0n) is 6.47. The van der Waals surface area contributed by atoms with Crippen molar-refractivity contribution in [3.8, 4) is 0 Å². The molecule has 14 heavy (non-hydrogen) atoms. The molecule has 9 nitrogen and oxygen atoms in total. The number of nitrogens with zero attached hydrogens (tertiary/aromatic N) is 3. The lowest BCUT2D eigenvalue weighted by molar-refractivity contribution is -0.388. The van der Waals surface area contributed by atoms with E-state index in [1.165, 1.54) is 0 Å². The van der Waals surface area contributed by atoms with E-state index in [0.717, 1.165) is 0 Å². The Balaban J connectivity index is 2.73. The van der Waals surface area contributed by atoms with Gasteiger partial charge in [0, 0.05) is 0 Å². The number of H-pyrrole nitrogens is 2. The predicted molar refractivity (Wildman–Crippen MR) is 39.2 cm³/mol. The molecule has 0 atom stereocenters. The lowest BCUT2D eigenvalue weighted by atomic mass is 10.3. The molecule has 0 aliphatic rings. The smallest absolute Gasteiger partial charge is 0.368 e. The van der Waals surface area contributed by atoms with Crippen molar-refractivity contribution in [3.05, 3.63) is 15.8 Å². The molecule has 0 aliphatic carbocycles. The fraction of sp³-hybridized carbons (Fsp3) is 0. The monoisotopic (exact) mass is 196 g/mol. The molecule has 2 aromatic rings. The zero-order chi connectivity index (χ0) is 10.3. The molecule has 0 amide bonds. The van der Waals surface area contributed by atoms with E-state index in [2.05, 4.69) is 20.4 Å². The summed E-state index contributed by atoms with van der Waals surface area (Å²) in [6.45, 7) is 0. The Bertz CT molecular complexity index is 477. The lowest BCUT2D eigenvalue weighted by Crippen LogP contribution is -2.23. The lowest BCUT2D eigenvalue weighted by Gasteiger charge is -1.91. The normalized spacial score (nSPS) is 10.6. The summed E-state index contributed by atoms with van der Waals surface area (Å²) < 4.78 is 0. The third-order valence-corrected chi connectivity index (χ3v) is 1.63. The molecule has 72 valence electrons. The maximum Gasteiger partial charge on any atom is 0.368 e. The number of hydrogen-bond acceptors (Lipinski definition) is 6. The number of aromatic nitrogens is 4. The third-order valence-electron chi connectivity index (χ3n) is 1.63. The minimum Gasteiger partial charge on any atom is -0.543 e. The molecule has 9 heteroatoms. The van der Waals surface area contributed by atoms with E-state index in [0.29, 0.717) is 0 Å². The van der Waals surface area contributed by atoms with Crippen molar-refractivity contribution in [3.63, 3.8) is 0 Å². The highest BCUT2D eigenvalue weighted by molar-refractivity contribution is 6.00. The van der Waals surface area contributed by atoms with Crippen LogP contribution in [0.3, 0.4) is 0 Å². The van der Waals surface area contributed by atoms with Gasteiger partial charge in [0.1, 0.15) is 5.69 Å². The van der Waals surface area contributed by atoms with Crippen LogP contribution in [0.5, 0.6) is 0 Å². The molecule has 2 heterocycles. The van der Waals surface area contributed by atoms with Gasteiger partial charge in [-0.15, -0.1) is 5.10 Å². The van der Waals surface area contributed by atoms with Crippen LogP contribution in [0.25, 0.3) is 11.0 Å². The molecule has 0 aliphatic heterocycles. The summed E-state index contributed by atoms with van der Waals surface area (Å²) in [5, 5.41) is 31.9. The SMILES string of the molecule is O=C([O-])c1n[nH]c2c([N+](=O)[O-])[nH]nc12. The number of nitro groups is 1. The van der Waals surface area contributed by atoms with Crippen molar-refractivity contribution in [2.45, 2.75) is 0 Å². The largest absolute Gasteiger partial charge is 0.543 e. The zero-order valence-corrected chi connectivity index (χ0v) is 6.47. The van der Waals surface area contributed by atoms with Gasteiger partial charge < -0.3 is 20.0 Å². The summed E-state index contributed by atoms with van der Waals surface area (Å²) in [6, 6.07) is 0. The van der Waals surface area contributed by atoms with Crippen molar-refractivity contribution in [1.29, 1.82) is 0 Å². The summed E-state index contributed by atoms with van der Waals surface area (Å²) in [5.41, 5.74) is -0.629. The quantitative estimate of drug-likeness (QED) is 0.445. The van der Waals surface area contributed by atoms with Gasteiger partial charge in [-0.25, -0.2) is 0 Å². The van der Waals surface area contributed by atoms with E-state index in [1.807, 2.05) is 0 Å². The van der Waals surface area contributed by atoms with Gasteiger partial charge in [0.15, 0.2) is 11.0 Å². The maximum atomic E-state index is 10.4. The van der Waals surface area contributed by atoms with Crippen molar-refractivity contribution in [1.82, 2.24) is 20.4 Å². The topological polar surface area (TPSA) is 141 Å². The van der Waals surface area contributed by atoms with Crippen LogP contribution in [0.1, 0.15) is 10.5 Å². The van der Waals surface area contributed by atoms with E-state index in [4.69, 9.17) is 0 Å². The number of carboxylic acid groups (broad SMARTS) is 1. The fourth-order valence-electron chi connectivity index (χ4n) is 1.05. The van der Waals surface area contributed by atoms with Crippen LogP contribution < -0.4 is 5.11 Å². The fourth-order valence-corrected chi connectivity index (χ4v) is 1.05. The van der Waals surface area contributed by atoms with Crippen LogP contribution in [0, 0.1) is 10.1 Å². The molecular weight excluding hydrogens is 194 g/mol. The van der Waals surface area contributed by atoms with E-state index < -0.39 is 22.4 Å². The number of nitrogens with one attached hydrogen (secondary N) is 2. The van der Waals surface area contributed by atoms with E-state index >= 15 is 0 Å². The molecule has 2 rings (SSSR count). The van der Waals surface area contributed by atoms with Gasteiger partial charge in [0.25, 0.3) is 0 Å². The average molecular weight is 196 g/mol. The minimum atomic E-state index is -1.54. The van der Waals surface area contributed by atoms with Crippen LogP contribution in [-0.4, -0.2) is 31.3 Å². The molecule has 0 saturated heterocycles. The van der Waals surface area contributed by atoms with E-state index in [9.17, 15) is 20.0 Å². The van der Waals surface area contributed by atoms with Gasteiger partial charge in [-0.1, -0.05) is 5.10 Å². The first kappa shape index (κ1) is 8.16. The van der Waals surface area contributed by atoms with Crippen molar-refractivity contribution in [2.24, 2.45) is 0 Å². The van der Waals surface area contributed by atoms with Crippen molar-refractivity contribution < 1.29 is 14.8 Å². The van der Waals surface area contributed by atoms with E-state index in [1.54, 1.807) is 0 Å². The standard InChI is InChI=1S/C5H3N5O4/c11-5(12)3-1-2(7-8-3)4(9-6-1)10(13)14/h(H,6,9)(H,7,8)(H,11,12)/p-1. The number of carboxylic acids is 1. The Morgan fingerprint density at radius 2 is 2.07 bits per heavy atom. The molecule has 0 fully saturated rings. The average Bonchev–Trinajstić information content (AvgIpc) is 2.59. The van der Waals surface area contributed by atoms with Crippen LogP contribution in [0.15, 0.2) is 0 Å². The van der Waals surface area contributed by atoms with Crippen LogP contribution in [0.4, 0.5) is 5.82 Å². The van der Waals surface area contributed by atoms with Crippen molar-refractivity contribution >= 4 is 22.8 Å². The van der Waals surface area contributed by atoms with Gasteiger partial charge >= 0.3 is 5.82 Å². The first-order chi connectivity index (χ1) is 6.61. The Labute approximate surface area is 74.9 Å². The molecule has 2 aromatic heterocycles. The number of fused-ring (bicyclic) bond motifs is 1. The third kappa shape index (κ3) is 0.920. The van der Waals surface area contributed by atoms with Crippen LogP contribution in [-0.2, 0) is 0 Å². The van der Waals surface area contributed by atoms with Gasteiger partial charge in [-0.3, -0.25) is 5.10 Å². The number of rotatable bonds is 2. The number of aromatic amines is 2. The summed E-state index contributed by atoms with van der Waals surface area (Å²) in [5.74, 6) is -1.97. The molecule has 0 bridgehead atoms. The number of hydrogen-bond donors (Lipinski definition) is 2. The number of aromatic carboxylic acids is 1. The first-order valence-electron chi connectivity index (χ1n) is 3.39. The molecule has 0 unspecified atom stereocenters. The highest BCUT2D eigenvalue weighted by Gasteiger charge is 2.20. The molecular formula is C5H2N5O4-. The van der Waals surface area contributed by atoms with Crippen LogP contribution in [0.2, 0.25) is 0 Å². The molecule has 2 N–H and O–H groups in total. The number of carbonyl (C=O) groups excluding carboxylic acids is 1. The summed E-state index contributed by atoms with van der Waals surface area (Å²) in [4.78, 5) is 20.1. The highest BCUT2D eigenvalue weighted by atomic mass is 16.6. The summed E-state index contributed by atoms with van der Waals surface area (Å²) in [7, 11) is 0. The van der Waals surface area contributed by atoms with Crippen LogP contribution >= 0.6 is 0 Å². The molecule has 0 aromatic carbocycles. The molecule has 0 spiro atoms. The van der Waals surface area contributed by atoms with Crippen molar-refractivity contribution in [2.75, 3.05) is 0 Å². The van der Waals surface area contributed by atoms with Gasteiger partial charge in [-0.2, -0.15) is 5.10 Å². The molecule has 0 radical (unpaired) electrons. The number of carbonyl (C=O) groups is 1. The predicted octanol–water partition coefficient (Wildman–Crippen LogP) is -1.44. The molecule has 0 saturated carbocycles. The minimum absolute atomic E-state index is 0.0609. The summed E-state index contributed by atoms with van der Waals surface area (Å²) >= 11 is 0. The Morgan fingerprint density at radius 1 is 1.36 bits per heavy atom. The maximum absolute atomic E-state index is 10.4. The van der Waals surface area contributed by atoms with Gasteiger partial charge in [0.05, 0.1) is 5.97 Å². The first-order valence-corrected chi connectivity index (χ1v) is 3.39. The second-order valence-electron chi connectivity index (χ2n) is 2.41. The van der Waals surface area contributed by atoms with Gasteiger partial charge in [0.2, 0.25) is 0 Å². The Morgan fingerprint density at radius 3 is 2.64 bits per heavy atom. The Kier molecular flexibility index (Phi) is 1.47. The Hall–Kier alpha value is -2.45. The second kappa shape index (κ2) is 2.52. The summed E-state index contributed by atoms with van der Waals surface area (Å²) in [6.07, 6.45) is 0. The second-order valence-corrected chi connectivity index (χ2v) is 2.41. The highest BCUT2D eigenvalue weighted by Crippen LogP contribution is 2.21. The van der Waals surface area contributed by atoms with Gasteiger partial charge in [-0.05, 0) is 4.92 Å².